The molecule has 0 bridgehead atoms. The van der Waals surface area contributed by atoms with Crippen molar-refractivity contribution in [2.24, 2.45) is 0 Å². The number of hydrogen-bond donors (Lipinski definition) is 3. The Labute approximate surface area is 99.1 Å². The molecule has 0 heterocycles. The van der Waals surface area contributed by atoms with Crippen molar-refractivity contribution in [2.75, 3.05) is 6.61 Å². The third-order valence-electron chi connectivity index (χ3n) is 2.64. The number of nitrogens with one attached hydrogen (secondary N) is 1. The quantitative estimate of drug-likeness (QED) is 0.722. The first kappa shape index (κ1) is 13.6. The Balaban J connectivity index is 3.11. The fourth-order valence-electron chi connectivity index (χ4n) is 1.61. The Morgan fingerprint density at radius 1 is 1.59 bits per heavy atom. The Bertz CT molecular complexity index is 410. The van der Waals surface area contributed by atoms with E-state index >= 15 is 0 Å². The second kappa shape index (κ2) is 5.25. The first-order chi connectivity index (χ1) is 7.90. The predicted octanol–water partition coefficient (Wildman–Crippen LogP) is 1.10. The number of aliphatic hydroxyl groups is 1. The minimum Gasteiger partial charge on any atom is -0.480 e. The molecule has 94 valence electrons. The van der Waals surface area contributed by atoms with Crippen molar-refractivity contribution in [1.82, 2.24) is 5.32 Å². The van der Waals surface area contributed by atoms with Gasteiger partial charge in [-0.3, -0.25) is 5.32 Å². The molecule has 4 nitrogen and oxygen atoms in total. The Morgan fingerprint density at radius 2 is 2.24 bits per heavy atom. The van der Waals surface area contributed by atoms with Gasteiger partial charge in [0.25, 0.3) is 0 Å². The zero-order valence-electron chi connectivity index (χ0n) is 9.77. The van der Waals surface area contributed by atoms with Crippen LogP contribution in [-0.4, -0.2) is 28.8 Å². The van der Waals surface area contributed by atoms with Gasteiger partial charge in [-0.05, 0) is 31.5 Å². The molecule has 2 atom stereocenters. The lowest BCUT2D eigenvalue weighted by atomic mass is 9.91. The van der Waals surface area contributed by atoms with Crippen molar-refractivity contribution >= 4 is 5.97 Å². The molecule has 1 rings (SSSR count). The maximum Gasteiger partial charge on any atom is 0.328 e. The molecule has 5 heteroatoms. The number of carboxylic acids is 1. The Kier molecular flexibility index (Phi) is 4.20. The highest BCUT2D eigenvalue weighted by Gasteiger charge is 2.36. The summed E-state index contributed by atoms with van der Waals surface area (Å²) in [5, 5.41) is 21.0. The van der Waals surface area contributed by atoms with Gasteiger partial charge in [0.1, 0.15) is 11.4 Å². The summed E-state index contributed by atoms with van der Waals surface area (Å²) in [6.07, 6.45) is 0. The molecule has 0 radical (unpaired) electrons. The van der Waals surface area contributed by atoms with Crippen LogP contribution in [0, 0.1) is 5.82 Å². The summed E-state index contributed by atoms with van der Waals surface area (Å²) < 4.78 is 13.1. The smallest absolute Gasteiger partial charge is 0.328 e. The maximum atomic E-state index is 13.1. The molecule has 0 aromatic heterocycles. The molecule has 3 N–H and O–H groups in total. The second-order valence-electron chi connectivity index (χ2n) is 4.17. The van der Waals surface area contributed by atoms with Gasteiger partial charge < -0.3 is 10.2 Å². The standard InChI is InChI=1S/C12H16FNO3/c1-8(7-15)14-12(2,11(16)17)9-4-3-5-10(13)6-9/h3-6,8,14-15H,7H2,1-2H3,(H,16,17). The van der Waals surface area contributed by atoms with Crippen LogP contribution in [-0.2, 0) is 10.3 Å². The largest absolute Gasteiger partial charge is 0.480 e. The number of hydrogen-bond acceptors (Lipinski definition) is 3. The Hall–Kier alpha value is -1.46. The minimum atomic E-state index is -1.43. The molecule has 2 unspecified atom stereocenters. The third kappa shape index (κ3) is 3.01. The molecule has 0 aliphatic carbocycles. The monoisotopic (exact) mass is 241 g/mol. The van der Waals surface area contributed by atoms with Crippen LogP contribution in [0.15, 0.2) is 24.3 Å². The summed E-state index contributed by atoms with van der Waals surface area (Å²) in [7, 11) is 0. The molecule has 0 amide bonds. The maximum absolute atomic E-state index is 13.1. The van der Waals surface area contributed by atoms with Crippen LogP contribution in [0.2, 0.25) is 0 Å². The lowest BCUT2D eigenvalue weighted by Gasteiger charge is -2.29. The van der Waals surface area contributed by atoms with Gasteiger partial charge in [0.05, 0.1) is 6.61 Å². The van der Waals surface area contributed by atoms with Gasteiger partial charge in [0, 0.05) is 6.04 Å². The van der Waals surface area contributed by atoms with Crippen LogP contribution < -0.4 is 5.32 Å². The topological polar surface area (TPSA) is 69.6 Å². The molecule has 0 saturated heterocycles. The van der Waals surface area contributed by atoms with Gasteiger partial charge in [0.15, 0.2) is 0 Å². The van der Waals surface area contributed by atoms with Gasteiger partial charge in [-0.25, -0.2) is 9.18 Å². The molecule has 0 saturated carbocycles. The highest BCUT2D eigenvalue weighted by molar-refractivity contribution is 5.80. The molecular weight excluding hydrogens is 225 g/mol. The first-order valence-corrected chi connectivity index (χ1v) is 5.28. The van der Waals surface area contributed by atoms with Crippen molar-refractivity contribution in [3.63, 3.8) is 0 Å². The number of aliphatic carboxylic acids is 1. The van der Waals surface area contributed by atoms with E-state index in [0.29, 0.717) is 5.56 Å². The molecule has 0 fully saturated rings. The number of carboxylic acid groups (broad SMARTS) is 1. The van der Waals surface area contributed by atoms with Crippen molar-refractivity contribution < 1.29 is 19.4 Å². The van der Waals surface area contributed by atoms with Crippen molar-refractivity contribution in [3.8, 4) is 0 Å². The molecular formula is C12H16FNO3. The summed E-state index contributed by atoms with van der Waals surface area (Å²) in [5.74, 6) is -1.61. The van der Waals surface area contributed by atoms with Crippen molar-refractivity contribution in [2.45, 2.75) is 25.4 Å². The molecule has 1 aromatic rings. The van der Waals surface area contributed by atoms with Crippen molar-refractivity contribution in [1.29, 1.82) is 0 Å². The highest BCUT2D eigenvalue weighted by Crippen LogP contribution is 2.22. The fourth-order valence-corrected chi connectivity index (χ4v) is 1.61. The predicted molar refractivity (Wildman–Crippen MR) is 61.1 cm³/mol. The van der Waals surface area contributed by atoms with E-state index in [9.17, 15) is 14.3 Å². The van der Waals surface area contributed by atoms with Gasteiger partial charge in [-0.1, -0.05) is 12.1 Å². The average molecular weight is 241 g/mol. The number of aliphatic hydroxyl groups excluding tert-OH is 1. The molecule has 0 aliphatic rings. The van der Waals surface area contributed by atoms with Crippen LogP contribution in [0.3, 0.4) is 0 Å². The lowest BCUT2D eigenvalue weighted by molar-refractivity contribution is -0.145. The van der Waals surface area contributed by atoms with E-state index in [1.165, 1.54) is 31.2 Å². The van der Waals surface area contributed by atoms with Gasteiger partial charge in [-0.2, -0.15) is 0 Å². The molecule has 1 aromatic carbocycles. The number of carbonyl (C=O) groups is 1. The van der Waals surface area contributed by atoms with E-state index in [1.807, 2.05) is 0 Å². The lowest BCUT2D eigenvalue weighted by Crippen LogP contribution is -2.51. The Morgan fingerprint density at radius 3 is 2.71 bits per heavy atom. The summed E-state index contributed by atoms with van der Waals surface area (Å²) in [6, 6.07) is 5.01. The normalized spacial score (nSPS) is 16.2. The van der Waals surface area contributed by atoms with Crippen LogP contribution in [0.4, 0.5) is 4.39 Å². The van der Waals surface area contributed by atoms with E-state index in [1.54, 1.807) is 6.92 Å². The first-order valence-electron chi connectivity index (χ1n) is 5.28. The molecule has 17 heavy (non-hydrogen) atoms. The van der Waals surface area contributed by atoms with E-state index in [0.717, 1.165) is 0 Å². The number of benzene rings is 1. The fraction of sp³-hybridized carbons (Fsp3) is 0.417. The highest BCUT2D eigenvalue weighted by atomic mass is 19.1. The van der Waals surface area contributed by atoms with Gasteiger partial charge >= 0.3 is 5.97 Å². The summed E-state index contributed by atoms with van der Waals surface area (Å²) in [6.45, 7) is 2.90. The number of halogens is 1. The van der Waals surface area contributed by atoms with Crippen molar-refractivity contribution in [3.05, 3.63) is 35.6 Å². The molecule has 0 aliphatic heterocycles. The third-order valence-corrected chi connectivity index (χ3v) is 2.64. The van der Waals surface area contributed by atoms with Crippen LogP contribution in [0.1, 0.15) is 19.4 Å². The zero-order valence-corrected chi connectivity index (χ0v) is 9.77. The summed E-state index contributed by atoms with van der Waals surface area (Å²) in [4.78, 5) is 11.3. The van der Waals surface area contributed by atoms with Gasteiger partial charge in [0.2, 0.25) is 0 Å². The summed E-state index contributed by atoms with van der Waals surface area (Å²) in [5.41, 5.74) is -1.12. The van der Waals surface area contributed by atoms with E-state index < -0.39 is 23.4 Å². The summed E-state index contributed by atoms with van der Waals surface area (Å²) >= 11 is 0. The zero-order chi connectivity index (χ0) is 13.1. The number of rotatable bonds is 5. The van der Waals surface area contributed by atoms with Crippen LogP contribution in [0.25, 0.3) is 0 Å². The SMILES string of the molecule is CC(CO)NC(C)(C(=O)O)c1cccc(F)c1. The molecule has 0 spiro atoms. The van der Waals surface area contributed by atoms with Gasteiger partial charge in [-0.15, -0.1) is 0 Å². The van der Waals surface area contributed by atoms with E-state index in [4.69, 9.17) is 5.11 Å². The minimum absolute atomic E-state index is 0.196. The van der Waals surface area contributed by atoms with E-state index in [-0.39, 0.29) is 6.61 Å². The average Bonchev–Trinajstić information content (AvgIpc) is 2.28. The van der Waals surface area contributed by atoms with Crippen LogP contribution in [0.5, 0.6) is 0 Å². The van der Waals surface area contributed by atoms with E-state index in [2.05, 4.69) is 5.32 Å². The van der Waals surface area contributed by atoms with Crippen LogP contribution >= 0.6 is 0 Å². The second-order valence-corrected chi connectivity index (χ2v) is 4.17.